The molecular weight excluding hydrogens is 254 g/mol. The summed E-state index contributed by atoms with van der Waals surface area (Å²) in [6.07, 6.45) is 9.86. The Morgan fingerprint density at radius 3 is 2.58 bits per heavy atom. The molecule has 1 aliphatic carbocycles. The van der Waals surface area contributed by atoms with Gasteiger partial charge in [0.05, 0.1) is 0 Å². The second kappa shape index (κ2) is 6.76. The monoisotopic (exact) mass is 279 g/mol. The van der Waals surface area contributed by atoms with Crippen LogP contribution < -0.4 is 5.73 Å². The molecule has 0 atom stereocenters. The Morgan fingerprint density at radius 2 is 1.95 bits per heavy atom. The molecule has 0 spiro atoms. The molecule has 1 saturated carbocycles. The number of unbranched alkanes of at least 4 members (excludes halogenated alkanes) is 1. The maximum atomic E-state index is 6.59. The van der Waals surface area contributed by atoms with Crippen LogP contribution in [-0.2, 0) is 6.42 Å². The van der Waals surface area contributed by atoms with E-state index in [2.05, 4.69) is 19.1 Å². The molecule has 0 saturated heterocycles. The lowest BCUT2D eigenvalue weighted by Gasteiger charge is -2.37. The van der Waals surface area contributed by atoms with E-state index in [0.29, 0.717) is 0 Å². The van der Waals surface area contributed by atoms with E-state index in [1.807, 2.05) is 12.1 Å². The summed E-state index contributed by atoms with van der Waals surface area (Å²) >= 11 is 6.25. The maximum Gasteiger partial charge on any atom is 0.0438 e. The van der Waals surface area contributed by atoms with Gasteiger partial charge in [-0.2, -0.15) is 0 Å². The van der Waals surface area contributed by atoms with Gasteiger partial charge in [-0.3, -0.25) is 0 Å². The molecule has 1 aromatic rings. The summed E-state index contributed by atoms with van der Waals surface area (Å²) in [5, 5.41) is 0.862. The van der Waals surface area contributed by atoms with Crippen molar-refractivity contribution in [3.05, 3.63) is 34.9 Å². The highest BCUT2D eigenvalue weighted by atomic mass is 35.5. The molecule has 0 heterocycles. The van der Waals surface area contributed by atoms with Gasteiger partial charge in [0.2, 0.25) is 0 Å². The zero-order chi connectivity index (χ0) is 13.7. The van der Waals surface area contributed by atoms with Gasteiger partial charge in [0, 0.05) is 10.6 Å². The number of hydrogen-bond acceptors (Lipinski definition) is 1. The van der Waals surface area contributed by atoms with Crippen molar-refractivity contribution < 1.29 is 0 Å². The van der Waals surface area contributed by atoms with Gasteiger partial charge in [-0.25, -0.2) is 0 Å². The van der Waals surface area contributed by atoms with Crippen LogP contribution in [0.1, 0.15) is 57.4 Å². The van der Waals surface area contributed by atoms with E-state index < -0.39 is 0 Å². The standard InChI is InChI=1S/C17H26ClN/c1-2-3-6-14-9-11-17(19,12-10-14)13-15-7-4-5-8-16(15)18/h4-5,7-8,14H,2-3,6,9-13,19H2,1H3. The van der Waals surface area contributed by atoms with Crippen molar-refractivity contribution in [1.82, 2.24) is 0 Å². The van der Waals surface area contributed by atoms with Crippen molar-refractivity contribution in [1.29, 1.82) is 0 Å². The second-order valence-electron chi connectivity index (χ2n) is 6.22. The van der Waals surface area contributed by atoms with E-state index >= 15 is 0 Å². The van der Waals surface area contributed by atoms with E-state index in [9.17, 15) is 0 Å². The number of nitrogens with two attached hydrogens (primary N) is 1. The Balaban J connectivity index is 1.90. The third-order valence-electron chi connectivity index (χ3n) is 4.57. The highest BCUT2D eigenvalue weighted by Gasteiger charge is 2.31. The lowest BCUT2D eigenvalue weighted by molar-refractivity contribution is 0.221. The fourth-order valence-electron chi connectivity index (χ4n) is 3.23. The molecule has 0 aliphatic heterocycles. The molecule has 2 heteroatoms. The van der Waals surface area contributed by atoms with Crippen LogP contribution in [0.2, 0.25) is 5.02 Å². The minimum absolute atomic E-state index is 0.0340. The van der Waals surface area contributed by atoms with Crippen molar-refractivity contribution in [3.8, 4) is 0 Å². The van der Waals surface area contributed by atoms with Crippen LogP contribution in [0.5, 0.6) is 0 Å². The van der Waals surface area contributed by atoms with Crippen molar-refractivity contribution >= 4 is 11.6 Å². The molecule has 0 amide bonds. The molecule has 2 rings (SSSR count). The van der Waals surface area contributed by atoms with Crippen LogP contribution in [0.15, 0.2) is 24.3 Å². The summed E-state index contributed by atoms with van der Waals surface area (Å²) in [7, 11) is 0. The minimum Gasteiger partial charge on any atom is -0.325 e. The van der Waals surface area contributed by atoms with E-state index in [1.165, 1.54) is 37.7 Å². The third kappa shape index (κ3) is 4.22. The van der Waals surface area contributed by atoms with Crippen LogP contribution in [0.4, 0.5) is 0 Å². The lowest BCUT2D eigenvalue weighted by Crippen LogP contribution is -2.45. The molecule has 2 N–H and O–H groups in total. The first-order valence-electron chi connectivity index (χ1n) is 7.65. The lowest BCUT2D eigenvalue weighted by atomic mass is 9.73. The normalized spacial score (nSPS) is 27.4. The van der Waals surface area contributed by atoms with Gasteiger partial charge in [-0.05, 0) is 49.7 Å². The average Bonchev–Trinajstić information content (AvgIpc) is 2.41. The van der Waals surface area contributed by atoms with Gasteiger partial charge >= 0.3 is 0 Å². The van der Waals surface area contributed by atoms with Crippen molar-refractivity contribution in [2.24, 2.45) is 11.7 Å². The van der Waals surface area contributed by atoms with Crippen LogP contribution in [0.25, 0.3) is 0 Å². The SMILES string of the molecule is CCCCC1CCC(N)(Cc2ccccc2Cl)CC1. The Hall–Kier alpha value is -0.530. The number of rotatable bonds is 5. The van der Waals surface area contributed by atoms with Crippen molar-refractivity contribution in [2.45, 2.75) is 63.8 Å². The second-order valence-corrected chi connectivity index (χ2v) is 6.62. The topological polar surface area (TPSA) is 26.0 Å². The molecule has 106 valence electrons. The van der Waals surface area contributed by atoms with Crippen LogP contribution in [0.3, 0.4) is 0 Å². The Bertz CT molecular complexity index is 394. The Morgan fingerprint density at radius 1 is 1.26 bits per heavy atom. The van der Waals surface area contributed by atoms with Crippen LogP contribution in [-0.4, -0.2) is 5.54 Å². The van der Waals surface area contributed by atoms with Gasteiger partial charge < -0.3 is 5.73 Å². The summed E-state index contributed by atoms with van der Waals surface area (Å²) in [6, 6.07) is 8.11. The Kier molecular flexibility index (Phi) is 5.29. The zero-order valence-electron chi connectivity index (χ0n) is 12.0. The molecule has 1 aliphatic rings. The van der Waals surface area contributed by atoms with Gasteiger partial charge in [-0.15, -0.1) is 0 Å². The molecule has 19 heavy (non-hydrogen) atoms. The third-order valence-corrected chi connectivity index (χ3v) is 4.94. The predicted molar refractivity (Wildman–Crippen MR) is 83.6 cm³/mol. The van der Waals surface area contributed by atoms with E-state index in [-0.39, 0.29) is 5.54 Å². The van der Waals surface area contributed by atoms with Gasteiger partial charge in [0.15, 0.2) is 0 Å². The molecule has 1 fully saturated rings. The van der Waals surface area contributed by atoms with E-state index in [4.69, 9.17) is 17.3 Å². The summed E-state index contributed by atoms with van der Waals surface area (Å²) in [6.45, 7) is 2.27. The fraction of sp³-hybridized carbons (Fsp3) is 0.647. The number of halogens is 1. The quantitative estimate of drug-likeness (QED) is 0.810. The van der Waals surface area contributed by atoms with E-state index in [0.717, 1.165) is 30.2 Å². The van der Waals surface area contributed by atoms with E-state index in [1.54, 1.807) is 0 Å². The molecule has 0 aromatic heterocycles. The van der Waals surface area contributed by atoms with Gasteiger partial charge in [0.25, 0.3) is 0 Å². The molecular formula is C17H26ClN. The number of benzene rings is 1. The smallest absolute Gasteiger partial charge is 0.0438 e. The molecule has 0 unspecified atom stereocenters. The van der Waals surface area contributed by atoms with Gasteiger partial charge in [-0.1, -0.05) is 56.0 Å². The minimum atomic E-state index is -0.0340. The summed E-state index contributed by atoms with van der Waals surface area (Å²) in [5.74, 6) is 0.905. The largest absolute Gasteiger partial charge is 0.325 e. The molecule has 1 nitrogen and oxygen atoms in total. The molecule has 1 aromatic carbocycles. The van der Waals surface area contributed by atoms with Gasteiger partial charge in [0.1, 0.15) is 0 Å². The van der Waals surface area contributed by atoms with Crippen molar-refractivity contribution in [3.63, 3.8) is 0 Å². The molecule has 0 bridgehead atoms. The average molecular weight is 280 g/mol. The van der Waals surface area contributed by atoms with Crippen LogP contribution in [0, 0.1) is 5.92 Å². The highest BCUT2D eigenvalue weighted by Crippen LogP contribution is 2.36. The summed E-state index contributed by atoms with van der Waals surface area (Å²) < 4.78 is 0. The van der Waals surface area contributed by atoms with Crippen molar-refractivity contribution in [2.75, 3.05) is 0 Å². The zero-order valence-corrected chi connectivity index (χ0v) is 12.8. The van der Waals surface area contributed by atoms with Crippen LogP contribution >= 0.6 is 11.6 Å². The predicted octanol–water partition coefficient (Wildman–Crippen LogP) is 4.96. The summed E-state index contributed by atoms with van der Waals surface area (Å²) in [5.41, 5.74) is 7.77. The first-order valence-corrected chi connectivity index (χ1v) is 8.03. The first-order chi connectivity index (χ1) is 9.13. The fourth-order valence-corrected chi connectivity index (χ4v) is 3.43. The number of hydrogen-bond donors (Lipinski definition) is 1. The highest BCUT2D eigenvalue weighted by molar-refractivity contribution is 6.31. The molecule has 0 radical (unpaired) electrons. The maximum absolute atomic E-state index is 6.59. The summed E-state index contributed by atoms with van der Waals surface area (Å²) in [4.78, 5) is 0. The Labute approximate surface area is 122 Å². The first kappa shape index (κ1) is 14.9.